The molecule has 0 amide bonds. The molecule has 2 unspecified atom stereocenters. The highest BCUT2D eigenvalue weighted by Gasteiger charge is 2.16. The first-order valence-corrected chi connectivity index (χ1v) is 17.1. The van der Waals surface area contributed by atoms with Gasteiger partial charge < -0.3 is 35.0 Å². The predicted octanol–water partition coefficient (Wildman–Crippen LogP) is 8.39. The summed E-state index contributed by atoms with van der Waals surface area (Å²) in [4.78, 5) is 13.7. The molecule has 9 heteroatoms. The second-order valence-electron chi connectivity index (χ2n) is 11.9. The molecule has 2 aromatic rings. The van der Waals surface area contributed by atoms with Gasteiger partial charge in [-0.15, -0.1) is 0 Å². The Bertz CT molecular complexity index is 1170. The van der Waals surface area contributed by atoms with Gasteiger partial charge in [-0.2, -0.15) is 0 Å². The lowest BCUT2D eigenvalue weighted by atomic mass is 10.0. The Morgan fingerprint density at radius 2 is 1.50 bits per heavy atom. The molecule has 258 valence electrons. The van der Waals surface area contributed by atoms with Crippen molar-refractivity contribution in [2.24, 2.45) is 11.8 Å². The number of methoxy groups -OCH3 is 1. The van der Waals surface area contributed by atoms with E-state index in [4.69, 9.17) is 24.7 Å². The minimum Gasteiger partial charge on any atom is -0.491 e. The fourth-order valence-corrected chi connectivity index (χ4v) is 5.14. The molecule has 0 aromatic heterocycles. The Kier molecular flexibility index (Phi) is 18.5. The highest BCUT2D eigenvalue weighted by molar-refractivity contribution is 5.81. The van der Waals surface area contributed by atoms with E-state index >= 15 is 0 Å². The van der Waals surface area contributed by atoms with Crippen LogP contribution in [0.15, 0.2) is 43.0 Å². The molecule has 0 saturated heterocycles. The van der Waals surface area contributed by atoms with Gasteiger partial charge in [0.2, 0.25) is 0 Å². The number of esters is 1. The van der Waals surface area contributed by atoms with Crippen LogP contribution in [0.4, 0.5) is 22.7 Å². The Labute approximate surface area is 278 Å². The third-order valence-corrected chi connectivity index (χ3v) is 8.39. The Morgan fingerprint density at radius 1 is 0.891 bits per heavy atom. The molecule has 0 heterocycles. The number of hydrogen-bond acceptors (Lipinski definition) is 9. The van der Waals surface area contributed by atoms with Gasteiger partial charge in [-0.25, -0.2) is 4.79 Å². The number of hydrogen-bond donors (Lipinski definition) is 3. The van der Waals surface area contributed by atoms with E-state index in [1.165, 1.54) is 31.8 Å². The zero-order chi connectivity index (χ0) is 33.7. The van der Waals surface area contributed by atoms with Gasteiger partial charge in [0.15, 0.2) is 0 Å². The second kappa shape index (κ2) is 22.0. The summed E-state index contributed by atoms with van der Waals surface area (Å²) in [5.41, 5.74) is 17.6. The Hall–Kier alpha value is -3.59. The number of hydrazine groups is 1. The maximum Gasteiger partial charge on any atom is 0.330 e. The molecule has 9 nitrogen and oxygen atoms in total. The van der Waals surface area contributed by atoms with Crippen LogP contribution in [0.2, 0.25) is 0 Å². The molecule has 0 saturated carbocycles. The van der Waals surface area contributed by atoms with Gasteiger partial charge in [0, 0.05) is 37.6 Å². The number of anilines is 4. The summed E-state index contributed by atoms with van der Waals surface area (Å²) in [5, 5.41) is 0. The van der Waals surface area contributed by atoms with E-state index in [1.54, 1.807) is 7.11 Å². The molecule has 2 atom stereocenters. The van der Waals surface area contributed by atoms with Crippen LogP contribution < -0.4 is 31.0 Å². The second-order valence-corrected chi connectivity index (χ2v) is 11.9. The maximum atomic E-state index is 11.5. The third-order valence-electron chi connectivity index (χ3n) is 8.39. The van der Waals surface area contributed by atoms with Gasteiger partial charge in [-0.3, -0.25) is 5.43 Å². The van der Waals surface area contributed by atoms with Gasteiger partial charge >= 0.3 is 5.97 Å². The number of unbranched alkanes of at least 4 members (excludes halogenated alkanes) is 2. The van der Waals surface area contributed by atoms with Crippen LogP contribution >= 0.6 is 0 Å². The van der Waals surface area contributed by atoms with E-state index in [0.717, 1.165) is 48.3 Å². The highest BCUT2D eigenvalue weighted by Crippen LogP contribution is 2.36. The lowest BCUT2D eigenvalue weighted by Gasteiger charge is -2.25. The quantitative estimate of drug-likeness (QED) is 0.0427. The standard InChI is InChI=1S/C37H60N4O5/c1-8-13-15-29(10-3)26-45-35-25-34(36(24-32(35)38)46-27-30(11-4)16-14-9-2)40-39-33-18-17-31(23-28(33)6)41(19-21-43-7)20-22-44-37(42)12-5/h12,17-18,23-25,29-30,39-40H,5,8-11,13-16,19-22,26-27,38H2,1-4,6-7H3. The molecule has 0 radical (unpaired) electrons. The van der Waals surface area contributed by atoms with Gasteiger partial charge in [0.1, 0.15) is 18.1 Å². The summed E-state index contributed by atoms with van der Waals surface area (Å²) >= 11 is 0. The van der Waals surface area contributed by atoms with Crippen LogP contribution in [0.25, 0.3) is 0 Å². The number of carbonyl (C=O) groups is 1. The van der Waals surface area contributed by atoms with E-state index in [1.807, 2.05) is 24.3 Å². The number of carbonyl (C=O) groups excluding carboxylic acids is 1. The minimum atomic E-state index is -0.430. The summed E-state index contributed by atoms with van der Waals surface area (Å²) in [7, 11) is 1.67. The van der Waals surface area contributed by atoms with Gasteiger partial charge in [0.05, 0.1) is 43.4 Å². The van der Waals surface area contributed by atoms with Gasteiger partial charge in [0.25, 0.3) is 0 Å². The Morgan fingerprint density at radius 3 is 2.07 bits per heavy atom. The first-order valence-electron chi connectivity index (χ1n) is 17.1. The molecule has 0 aliphatic rings. The SMILES string of the molecule is C=CC(=O)OCCN(CCOC)c1ccc(NNc2cc(OCC(CC)CCCC)c(N)cc2OCC(CC)CCCC)c(C)c1. The molecule has 0 fully saturated rings. The first kappa shape index (κ1) is 38.6. The fraction of sp³-hybridized carbons (Fsp3) is 0.595. The van der Waals surface area contributed by atoms with Gasteiger partial charge in [-0.1, -0.05) is 72.8 Å². The number of nitrogens with one attached hydrogen (secondary N) is 2. The summed E-state index contributed by atoms with van der Waals surface area (Å²) in [6.07, 6.45) is 10.3. The van der Waals surface area contributed by atoms with Crippen molar-refractivity contribution in [1.82, 2.24) is 0 Å². The number of nitrogen functional groups attached to an aromatic ring is 1. The molecule has 0 aliphatic carbocycles. The highest BCUT2D eigenvalue weighted by atomic mass is 16.5. The van der Waals surface area contributed by atoms with Crippen LogP contribution in [0.1, 0.15) is 84.6 Å². The van der Waals surface area contributed by atoms with Crippen LogP contribution in [0.5, 0.6) is 11.5 Å². The molecular formula is C37H60N4O5. The zero-order valence-electron chi connectivity index (χ0n) is 29.3. The Balaban J connectivity index is 2.25. The molecular weight excluding hydrogens is 580 g/mol. The maximum absolute atomic E-state index is 11.5. The molecule has 2 rings (SSSR count). The smallest absolute Gasteiger partial charge is 0.330 e. The zero-order valence-corrected chi connectivity index (χ0v) is 29.3. The molecule has 0 aliphatic heterocycles. The number of nitrogens with zero attached hydrogens (tertiary/aromatic N) is 1. The van der Waals surface area contributed by atoms with E-state index in [9.17, 15) is 4.79 Å². The number of rotatable bonds is 25. The third kappa shape index (κ3) is 13.4. The van der Waals surface area contributed by atoms with Crippen molar-refractivity contribution >= 4 is 28.7 Å². The number of nitrogens with two attached hydrogens (primary N) is 1. The molecule has 0 bridgehead atoms. The van der Waals surface area contributed by atoms with E-state index < -0.39 is 5.97 Å². The van der Waals surface area contributed by atoms with Crippen molar-refractivity contribution in [3.05, 3.63) is 48.6 Å². The average Bonchev–Trinajstić information content (AvgIpc) is 3.06. The van der Waals surface area contributed by atoms with Crippen LogP contribution in [-0.4, -0.2) is 52.6 Å². The van der Waals surface area contributed by atoms with Gasteiger partial charge in [-0.05, 0) is 55.4 Å². The summed E-state index contributed by atoms with van der Waals surface area (Å²) in [5.74, 6) is 1.90. The van der Waals surface area contributed by atoms with Crippen molar-refractivity contribution in [2.45, 2.75) is 86.0 Å². The molecule has 46 heavy (non-hydrogen) atoms. The van der Waals surface area contributed by atoms with Crippen molar-refractivity contribution < 1.29 is 23.7 Å². The van der Waals surface area contributed by atoms with E-state index in [2.05, 4.69) is 63.0 Å². The van der Waals surface area contributed by atoms with E-state index in [-0.39, 0.29) is 6.61 Å². The van der Waals surface area contributed by atoms with Crippen molar-refractivity contribution in [3.8, 4) is 11.5 Å². The van der Waals surface area contributed by atoms with Crippen LogP contribution in [0, 0.1) is 18.8 Å². The van der Waals surface area contributed by atoms with E-state index in [0.29, 0.717) is 61.9 Å². The summed E-state index contributed by atoms with van der Waals surface area (Å²) in [6.45, 7) is 17.7. The molecule has 4 N–H and O–H groups in total. The largest absolute Gasteiger partial charge is 0.491 e. The minimum absolute atomic E-state index is 0.258. The fourth-order valence-electron chi connectivity index (χ4n) is 5.14. The summed E-state index contributed by atoms with van der Waals surface area (Å²) in [6, 6.07) is 9.99. The normalized spacial score (nSPS) is 12.2. The topological polar surface area (TPSA) is 107 Å². The lowest BCUT2D eigenvalue weighted by molar-refractivity contribution is -0.137. The van der Waals surface area contributed by atoms with Crippen molar-refractivity contribution in [3.63, 3.8) is 0 Å². The monoisotopic (exact) mass is 640 g/mol. The predicted molar refractivity (Wildman–Crippen MR) is 192 cm³/mol. The number of ether oxygens (including phenoxy) is 4. The average molecular weight is 641 g/mol. The van der Waals surface area contributed by atoms with Crippen LogP contribution in [-0.2, 0) is 14.3 Å². The van der Waals surface area contributed by atoms with Crippen LogP contribution in [0.3, 0.4) is 0 Å². The first-order chi connectivity index (χ1) is 22.3. The lowest BCUT2D eigenvalue weighted by Crippen LogP contribution is -2.31. The number of benzene rings is 2. The molecule has 0 spiro atoms. The van der Waals surface area contributed by atoms with Crippen molar-refractivity contribution in [2.75, 3.05) is 68.1 Å². The molecule has 2 aromatic carbocycles. The summed E-state index contributed by atoms with van der Waals surface area (Å²) < 4.78 is 23.2. The van der Waals surface area contributed by atoms with Crippen molar-refractivity contribution in [1.29, 1.82) is 0 Å². The number of aryl methyl sites for hydroxylation is 1.